The van der Waals surface area contributed by atoms with Crippen LogP contribution in [0.4, 0.5) is 0 Å². The van der Waals surface area contributed by atoms with E-state index < -0.39 is 0 Å². The molecule has 1 aromatic rings. The molecule has 2 heteroatoms. The van der Waals surface area contributed by atoms with Crippen LogP contribution >= 0.6 is 15.9 Å². The molecule has 0 spiro atoms. The Morgan fingerprint density at radius 2 is 2.25 bits per heavy atom. The topological polar surface area (TPSA) is 12.0 Å². The van der Waals surface area contributed by atoms with Gasteiger partial charge in [0.1, 0.15) is 0 Å². The maximum Gasteiger partial charge on any atom is 0.0206 e. The molecule has 1 aliphatic carbocycles. The Hall–Kier alpha value is -0.600. The molecule has 0 atom stereocenters. The van der Waals surface area contributed by atoms with Crippen molar-refractivity contribution in [1.29, 1.82) is 0 Å². The van der Waals surface area contributed by atoms with Gasteiger partial charge >= 0.3 is 0 Å². The van der Waals surface area contributed by atoms with E-state index in [9.17, 15) is 0 Å². The lowest BCUT2D eigenvalue weighted by molar-refractivity contribution is 0.675. The third kappa shape index (κ3) is 3.76. The van der Waals surface area contributed by atoms with Crippen molar-refractivity contribution in [2.45, 2.75) is 32.2 Å². The fourth-order valence-corrected chi connectivity index (χ4v) is 2.54. The molecule has 0 aromatic heterocycles. The highest BCUT2D eigenvalue weighted by molar-refractivity contribution is 9.10. The van der Waals surface area contributed by atoms with E-state index in [1.54, 1.807) is 5.57 Å². The summed E-state index contributed by atoms with van der Waals surface area (Å²) in [4.78, 5) is 0. The predicted octanol–water partition coefficient (Wildman–Crippen LogP) is 4.04. The van der Waals surface area contributed by atoms with Crippen LogP contribution in [0.3, 0.4) is 0 Å². The number of allylic oxidation sites excluding steroid dienone is 1. The lowest BCUT2D eigenvalue weighted by Gasteiger charge is -2.06. The molecule has 0 radical (unpaired) electrons. The van der Waals surface area contributed by atoms with Crippen molar-refractivity contribution < 1.29 is 0 Å². The fraction of sp³-hybridized carbons (Fsp3) is 0.429. The van der Waals surface area contributed by atoms with E-state index in [1.165, 1.54) is 31.2 Å². The van der Waals surface area contributed by atoms with E-state index in [4.69, 9.17) is 0 Å². The molecule has 0 amide bonds. The monoisotopic (exact) mass is 279 g/mol. The summed E-state index contributed by atoms with van der Waals surface area (Å²) in [5.74, 6) is 0. The summed E-state index contributed by atoms with van der Waals surface area (Å²) >= 11 is 3.49. The van der Waals surface area contributed by atoms with Crippen LogP contribution in [0, 0.1) is 0 Å². The van der Waals surface area contributed by atoms with Crippen molar-refractivity contribution in [2.24, 2.45) is 0 Å². The Kier molecular flexibility index (Phi) is 4.61. The second kappa shape index (κ2) is 6.21. The Labute approximate surface area is 106 Å². The minimum absolute atomic E-state index is 0.965. The number of nitrogens with one attached hydrogen (secondary N) is 1. The van der Waals surface area contributed by atoms with Crippen LogP contribution in [0.25, 0.3) is 0 Å². The molecule has 1 aliphatic rings. The van der Waals surface area contributed by atoms with Crippen molar-refractivity contribution in [3.8, 4) is 0 Å². The highest BCUT2D eigenvalue weighted by atomic mass is 79.9. The minimum Gasteiger partial charge on any atom is -0.312 e. The molecule has 0 saturated heterocycles. The molecule has 0 saturated carbocycles. The zero-order chi connectivity index (χ0) is 11.2. The second-order valence-electron chi connectivity index (χ2n) is 4.31. The lowest BCUT2D eigenvalue weighted by atomic mass is 10.1. The van der Waals surface area contributed by atoms with Crippen molar-refractivity contribution in [1.82, 2.24) is 5.32 Å². The average Bonchev–Trinajstić information content (AvgIpc) is 2.77. The zero-order valence-corrected chi connectivity index (χ0v) is 11.1. The van der Waals surface area contributed by atoms with Gasteiger partial charge in [-0.05, 0) is 49.9 Å². The first kappa shape index (κ1) is 11.9. The summed E-state index contributed by atoms with van der Waals surface area (Å²) in [6.45, 7) is 2.06. The third-order valence-corrected chi connectivity index (χ3v) is 3.47. The number of hydrogen-bond acceptors (Lipinski definition) is 1. The molecule has 0 fully saturated rings. The van der Waals surface area contributed by atoms with Gasteiger partial charge in [-0.1, -0.05) is 39.7 Å². The molecule has 2 rings (SSSR count). The standard InChI is InChI=1S/C14H18BrN/c15-14-7-3-6-13(10-14)11-16-9-8-12-4-1-2-5-12/h3-4,6-7,10,16H,1-2,5,8-9,11H2. The number of hydrogen-bond donors (Lipinski definition) is 1. The van der Waals surface area contributed by atoms with Crippen LogP contribution in [-0.4, -0.2) is 6.54 Å². The van der Waals surface area contributed by atoms with Crippen LogP contribution in [0.5, 0.6) is 0 Å². The fourth-order valence-electron chi connectivity index (χ4n) is 2.09. The highest BCUT2D eigenvalue weighted by Crippen LogP contribution is 2.19. The SMILES string of the molecule is Brc1cccc(CNCCC2=CCCC2)c1. The first-order chi connectivity index (χ1) is 7.84. The van der Waals surface area contributed by atoms with Crippen molar-refractivity contribution >= 4 is 15.9 Å². The second-order valence-corrected chi connectivity index (χ2v) is 5.23. The molecule has 0 aliphatic heterocycles. The van der Waals surface area contributed by atoms with Gasteiger partial charge in [0.05, 0.1) is 0 Å². The number of halogens is 1. The smallest absolute Gasteiger partial charge is 0.0206 e. The van der Waals surface area contributed by atoms with Crippen LogP contribution in [-0.2, 0) is 6.54 Å². The minimum atomic E-state index is 0.965. The van der Waals surface area contributed by atoms with Crippen molar-refractivity contribution in [3.63, 3.8) is 0 Å². The summed E-state index contributed by atoms with van der Waals surface area (Å²) in [7, 11) is 0. The van der Waals surface area contributed by atoms with Gasteiger partial charge < -0.3 is 5.32 Å². The van der Waals surface area contributed by atoms with E-state index >= 15 is 0 Å². The lowest BCUT2D eigenvalue weighted by Crippen LogP contribution is -2.14. The van der Waals surface area contributed by atoms with Gasteiger partial charge in [0.15, 0.2) is 0 Å². The van der Waals surface area contributed by atoms with Crippen LogP contribution in [0.15, 0.2) is 40.4 Å². The van der Waals surface area contributed by atoms with E-state index in [-0.39, 0.29) is 0 Å². The first-order valence-electron chi connectivity index (χ1n) is 5.98. The quantitative estimate of drug-likeness (QED) is 0.634. The van der Waals surface area contributed by atoms with Crippen LogP contribution < -0.4 is 5.32 Å². The van der Waals surface area contributed by atoms with Gasteiger partial charge in [-0.15, -0.1) is 0 Å². The Balaban J connectivity index is 1.68. The average molecular weight is 280 g/mol. The molecule has 86 valence electrons. The summed E-state index contributed by atoms with van der Waals surface area (Å²) in [6, 6.07) is 8.47. The summed E-state index contributed by atoms with van der Waals surface area (Å²) in [5.41, 5.74) is 2.98. The number of rotatable bonds is 5. The molecule has 0 heterocycles. The van der Waals surface area contributed by atoms with Crippen LogP contribution in [0.1, 0.15) is 31.2 Å². The summed E-state index contributed by atoms with van der Waals surface area (Å²) < 4.78 is 1.16. The maximum atomic E-state index is 3.49. The van der Waals surface area contributed by atoms with Crippen molar-refractivity contribution in [2.75, 3.05) is 6.54 Å². The van der Waals surface area contributed by atoms with E-state index in [0.29, 0.717) is 0 Å². The van der Waals surface area contributed by atoms with Gasteiger partial charge in [0.2, 0.25) is 0 Å². The molecule has 1 aromatic carbocycles. The van der Waals surface area contributed by atoms with Crippen molar-refractivity contribution in [3.05, 3.63) is 46.0 Å². The van der Waals surface area contributed by atoms with Gasteiger partial charge in [-0.3, -0.25) is 0 Å². The Morgan fingerprint density at radius 1 is 1.31 bits per heavy atom. The van der Waals surface area contributed by atoms with E-state index in [2.05, 4.69) is 51.6 Å². The zero-order valence-electron chi connectivity index (χ0n) is 9.51. The molecule has 1 N–H and O–H groups in total. The third-order valence-electron chi connectivity index (χ3n) is 2.98. The molecule has 16 heavy (non-hydrogen) atoms. The molecular weight excluding hydrogens is 262 g/mol. The number of benzene rings is 1. The Bertz CT molecular complexity index is 371. The predicted molar refractivity (Wildman–Crippen MR) is 72.4 cm³/mol. The molecule has 1 nitrogen and oxygen atoms in total. The first-order valence-corrected chi connectivity index (χ1v) is 6.77. The van der Waals surface area contributed by atoms with E-state index in [0.717, 1.165) is 17.6 Å². The van der Waals surface area contributed by atoms with Gasteiger partial charge in [-0.2, -0.15) is 0 Å². The van der Waals surface area contributed by atoms with Gasteiger partial charge in [-0.25, -0.2) is 0 Å². The summed E-state index contributed by atoms with van der Waals surface area (Å²) in [5, 5.41) is 3.49. The molecule has 0 unspecified atom stereocenters. The molecule has 0 bridgehead atoms. The maximum absolute atomic E-state index is 3.49. The largest absolute Gasteiger partial charge is 0.312 e. The summed E-state index contributed by atoms with van der Waals surface area (Å²) in [6.07, 6.45) is 7.59. The van der Waals surface area contributed by atoms with Gasteiger partial charge in [0.25, 0.3) is 0 Å². The Morgan fingerprint density at radius 3 is 3.00 bits per heavy atom. The molecular formula is C14H18BrN. The normalized spacial score (nSPS) is 15.2. The van der Waals surface area contributed by atoms with Crippen LogP contribution in [0.2, 0.25) is 0 Å². The highest BCUT2D eigenvalue weighted by Gasteiger charge is 2.03. The van der Waals surface area contributed by atoms with E-state index in [1.807, 2.05) is 0 Å². The van der Waals surface area contributed by atoms with Gasteiger partial charge in [0, 0.05) is 11.0 Å².